The summed E-state index contributed by atoms with van der Waals surface area (Å²) in [5.41, 5.74) is 2.31. The second-order valence-electron chi connectivity index (χ2n) is 6.99. The van der Waals surface area contributed by atoms with Gasteiger partial charge in [0.15, 0.2) is 0 Å². The number of amides is 2. The lowest BCUT2D eigenvalue weighted by atomic mass is 10.1. The highest BCUT2D eigenvalue weighted by molar-refractivity contribution is 7.98. The van der Waals surface area contributed by atoms with Gasteiger partial charge in [0.2, 0.25) is 0 Å². The van der Waals surface area contributed by atoms with Gasteiger partial charge in [-0.05, 0) is 54.1 Å². The lowest BCUT2D eigenvalue weighted by Crippen LogP contribution is -2.25. The SMILES string of the molecule is O=C(NC1CC1)c1ccc(CNC(=O)c2ccccc2SCc2cccs2)cc1. The van der Waals surface area contributed by atoms with Crippen molar-refractivity contribution in [2.45, 2.75) is 36.1 Å². The summed E-state index contributed by atoms with van der Waals surface area (Å²) >= 11 is 3.40. The molecule has 2 amide bonds. The van der Waals surface area contributed by atoms with Crippen molar-refractivity contribution in [2.75, 3.05) is 0 Å². The smallest absolute Gasteiger partial charge is 0.252 e. The van der Waals surface area contributed by atoms with E-state index in [0.717, 1.165) is 29.1 Å². The van der Waals surface area contributed by atoms with Gasteiger partial charge in [0.25, 0.3) is 11.8 Å². The fourth-order valence-electron chi connectivity index (χ4n) is 2.87. The molecule has 6 heteroatoms. The third-order valence-corrected chi connectivity index (χ3v) is 6.84. The molecule has 1 aliphatic carbocycles. The summed E-state index contributed by atoms with van der Waals surface area (Å²) in [4.78, 5) is 27.0. The Morgan fingerprint density at radius 3 is 2.48 bits per heavy atom. The van der Waals surface area contributed by atoms with Crippen LogP contribution in [0, 0.1) is 0 Å². The van der Waals surface area contributed by atoms with E-state index in [4.69, 9.17) is 0 Å². The monoisotopic (exact) mass is 422 g/mol. The zero-order valence-electron chi connectivity index (χ0n) is 15.9. The maximum Gasteiger partial charge on any atom is 0.252 e. The van der Waals surface area contributed by atoms with E-state index in [9.17, 15) is 9.59 Å². The van der Waals surface area contributed by atoms with Crippen LogP contribution in [-0.4, -0.2) is 17.9 Å². The number of benzene rings is 2. The molecule has 148 valence electrons. The van der Waals surface area contributed by atoms with Crippen LogP contribution in [0.25, 0.3) is 0 Å². The van der Waals surface area contributed by atoms with Crippen LogP contribution in [0.4, 0.5) is 0 Å². The molecule has 3 aromatic rings. The molecule has 0 radical (unpaired) electrons. The molecule has 1 aromatic heterocycles. The molecule has 0 aliphatic heterocycles. The first-order chi connectivity index (χ1) is 14.2. The Hall–Kier alpha value is -2.57. The zero-order chi connectivity index (χ0) is 20.1. The zero-order valence-corrected chi connectivity index (χ0v) is 17.5. The summed E-state index contributed by atoms with van der Waals surface area (Å²) in [5, 5.41) is 8.03. The fourth-order valence-corrected chi connectivity index (χ4v) is 4.69. The van der Waals surface area contributed by atoms with Crippen LogP contribution in [-0.2, 0) is 12.3 Å². The number of thiophene rings is 1. The second kappa shape index (κ2) is 9.29. The number of hydrogen-bond acceptors (Lipinski definition) is 4. The predicted molar refractivity (Wildman–Crippen MR) is 118 cm³/mol. The average molecular weight is 423 g/mol. The molecule has 4 rings (SSSR count). The lowest BCUT2D eigenvalue weighted by Gasteiger charge is -2.10. The topological polar surface area (TPSA) is 58.2 Å². The van der Waals surface area contributed by atoms with Crippen molar-refractivity contribution in [2.24, 2.45) is 0 Å². The van der Waals surface area contributed by atoms with Crippen molar-refractivity contribution >= 4 is 34.9 Å². The highest BCUT2D eigenvalue weighted by Crippen LogP contribution is 2.28. The third-order valence-electron chi connectivity index (χ3n) is 4.66. The van der Waals surface area contributed by atoms with E-state index < -0.39 is 0 Å². The summed E-state index contributed by atoms with van der Waals surface area (Å²) in [6.45, 7) is 0.424. The van der Waals surface area contributed by atoms with Crippen LogP contribution in [0.2, 0.25) is 0 Å². The van der Waals surface area contributed by atoms with Gasteiger partial charge < -0.3 is 10.6 Å². The molecule has 0 spiro atoms. The molecule has 0 bridgehead atoms. The molecule has 2 N–H and O–H groups in total. The molecule has 2 aromatic carbocycles. The van der Waals surface area contributed by atoms with Crippen molar-refractivity contribution < 1.29 is 9.59 Å². The second-order valence-corrected chi connectivity index (χ2v) is 9.04. The van der Waals surface area contributed by atoms with E-state index in [1.807, 2.05) is 54.6 Å². The molecule has 1 heterocycles. The molecule has 0 saturated heterocycles. The number of nitrogens with one attached hydrogen (secondary N) is 2. The largest absolute Gasteiger partial charge is 0.349 e. The number of hydrogen-bond donors (Lipinski definition) is 2. The maximum atomic E-state index is 12.7. The van der Waals surface area contributed by atoms with E-state index in [1.54, 1.807) is 23.1 Å². The van der Waals surface area contributed by atoms with Gasteiger partial charge in [0.05, 0.1) is 5.56 Å². The van der Waals surface area contributed by atoms with Gasteiger partial charge in [0, 0.05) is 33.7 Å². The van der Waals surface area contributed by atoms with Crippen LogP contribution in [0.3, 0.4) is 0 Å². The minimum absolute atomic E-state index is 0.0280. The Labute approximate surface area is 178 Å². The van der Waals surface area contributed by atoms with Crippen molar-refractivity contribution in [3.63, 3.8) is 0 Å². The number of carbonyl (C=O) groups is 2. The maximum absolute atomic E-state index is 12.7. The van der Waals surface area contributed by atoms with Gasteiger partial charge in [-0.3, -0.25) is 9.59 Å². The van der Waals surface area contributed by atoms with Crippen molar-refractivity contribution in [1.29, 1.82) is 0 Å². The average Bonchev–Trinajstić information content (AvgIpc) is 3.41. The molecule has 0 atom stereocenters. The number of rotatable bonds is 8. The Morgan fingerprint density at radius 1 is 0.966 bits per heavy atom. The summed E-state index contributed by atoms with van der Waals surface area (Å²) in [7, 11) is 0. The van der Waals surface area contributed by atoms with E-state index in [0.29, 0.717) is 23.7 Å². The van der Waals surface area contributed by atoms with Crippen LogP contribution < -0.4 is 10.6 Å². The van der Waals surface area contributed by atoms with Gasteiger partial charge in [-0.1, -0.05) is 30.3 Å². The van der Waals surface area contributed by atoms with Crippen LogP contribution >= 0.6 is 23.1 Å². The molecular formula is C23H22N2O2S2. The quantitative estimate of drug-likeness (QED) is 0.510. The summed E-state index contributed by atoms with van der Waals surface area (Å²) in [5.74, 6) is 0.737. The predicted octanol–water partition coefficient (Wildman–Crippen LogP) is 4.86. The van der Waals surface area contributed by atoms with E-state index in [1.165, 1.54) is 4.88 Å². The van der Waals surface area contributed by atoms with Gasteiger partial charge in [-0.2, -0.15) is 0 Å². The van der Waals surface area contributed by atoms with Gasteiger partial charge in [-0.25, -0.2) is 0 Å². The van der Waals surface area contributed by atoms with Crippen molar-refractivity contribution in [3.05, 3.63) is 87.6 Å². The summed E-state index contributed by atoms with van der Waals surface area (Å²) < 4.78 is 0. The molecule has 0 unspecified atom stereocenters. The first-order valence-electron chi connectivity index (χ1n) is 9.61. The fraction of sp³-hybridized carbons (Fsp3) is 0.217. The summed E-state index contributed by atoms with van der Waals surface area (Å²) in [6.07, 6.45) is 2.14. The molecule has 1 fully saturated rings. The highest BCUT2D eigenvalue weighted by Gasteiger charge is 2.23. The van der Waals surface area contributed by atoms with Crippen molar-refractivity contribution in [3.8, 4) is 0 Å². The standard InChI is InChI=1S/C23H22N2O2S2/c26-22(25-18-11-12-18)17-9-7-16(8-10-17)14-24-23(27)20-5-1-2-6-21(20)29-15-19-4-3-13-28-19/h1-10,13,18H,11-12,14-15H2,(H,24,27)(H,25,26). The minimum atomic E-state index is -0.0881. The minimum Gasteiger partial charge on any atom is -0.349 e. The van der Waals surface area contributed by atoms with E-state index in [2.05, 4.69) is 22.1 Å². The Morgan fingerprint density at radius 2 is 1.76 bits per heavy atom. The molecule has 1 aliphatic rings. The van der Waals surface area contributed by atoms with Gasteiger partial charge >= 0.3 is 0 Å². The Balaban J connectivity index is 1.34. The van der Waals surface area contributed by atoms with Gasteiger partial charge in [-0.15, -0.1) is 23.1 Å². The molecule has 29 heavy (non-hydrogen) atoms. The highest BCUT2D eigenvalue weighted by atomic mass is 32.2. The van der Waals surface area contributed by atoms with E-state index >= 15 is 0 Å². The Bertz CT molecular complexity index is 980. The van der Waals surface area contributed by atoms with Crippen molar-refractivity contribution in [1.82, 2.24) is 10.6 Å². The number of carbonyl (C=O) groups excluding carboxylic acids is 2. The molecule has 1 saturated carbocycles. The number of thioether (sulfide) groups is 1. The molecule has 4 nitrogen and oxygen atoms in total. The Kier molecular flexibility index (Phi) is 6.32. The first kappa shape index (κ1) is 19.7. The first-order valence-corrected chi connectivity index (χ1v) is 11.5. The van der Waals surface area contributed by atoms with Crippen LogP contribution in [0.1, 0.15) is 44.0 Å². The summed E-state index contributed by atoms with van der Waals surface area (Å²) in [6, 6.07) is 19.6. The van der Waals surface area contributed by atoms with Crippen LogP contribution in [0.15, 0.2) is 70.9 Å². The van der Waals surface area contributed by atoms with Gasteiger partial charge in [0.1, 0.15) is 0 Å². The van der Waals surface area contributed by atoms with E-state index in [-0.39, 0.29) is 11.8 Å². The molecular weight excluding hydrogens is 400 g/mol. The van der Waals surface area contributed by atoms with Crippen LogP contribution in [0.5, 0.6) is 0 Å². The third kappa shape index (κ3) is 5.49. The normalized spacial score (nSPS) is 13.1. The lowest BCUT2D eigenvalue weighted by molar-refractivity contribution is 0.0940.